The monoisotopic (exact) mass is 352 g/mol. The van der Waals surface area contributed by atoms with Gasteiger partial charge in [0.05, 0.1) is 4.91 Å². The van der Waals surface area contributed by atoms with Crippen molar-refractivity contribution in [3.63, 3.8) is 0 Å². The number of imide groups is 1. The molecule has 2 rings (SSSR count). The number of hydrogen-bond donors (Lipinski definition) is 1. The minimum atomic E-state index is -0.362. The molecule has 1 aliphatic rings. The van der Waals surface area contributed by atoms with Crippen molar-refractivity contribution in [2.45, 2.75) is 13.8 Å². The molecule has 0 bridgehead atoms. The lowest BCUT2D eigenvalue weighted by molar-refractivity contribution is -0.125. The molecule has 0 aliphatic carbocycles. The third kappa shape index (κ3) is 4.36. The molecule has 1 aromatic rings. The first-order valence-corrected chi connectivity index (χ1v) is 8.37. The second kappa shape index (κ2) is 7.66. The van der Waals surface area contributed by atoms with Gasteiger partial charge in [0.15, 0.2) is 0 Å². The fraction of sp³-hybridized carbons (Fsp3) is 0.312. The van der Waals surface area contributed by atoms with Crippen LogP contribution in [-0.2, 0) is 9.59 Å². The van der Waals surface area contributed by atoms with E-state index in [2.05, 4.69) is 5.32 Å². The lowest BCUT2D eigenvalue weighted by atomic mass is 10.2. The Bertz CT molecular complexity index is 673. The number of benzene rings is 1. The van der Waals surface area contributed by atoms with E-state index in [1.54, 1.807) is 38.1 Å². The van der Waals surface area contributed by atoms with Crippen LogP contribution in [0.15, 0.2) is 29.2 Å². The summed E-state index contributed by atoms with van der Waals surface area (Å²) >= 11 is 6.94. The number of amides is 3. The van der Waals surface area contributed by atoms with Crippen molar-refractivity contribution in [3.05, 3.63) is 39.8 Å². The summed E-state index contributed by atoms with van der Waals surface area (Å²) in [6.07, 6.45) is 1.61. The highest BCUT2D eigenvalue weighted by Crippen LogP contribution is 2.33. The number of halogens is 1. The van der Waals surface area contributed by atoms with Gasteiger partial charge in [-0.05, 0) is 29.5 Å². The number of nitrogens with zero attached hydrogens (tertiary/aromatic N) is 1. The highest BCUT2D eigenvalue weighted by molar-refractivity contribution is 8.18. The summed E-state index contributed by atoms with van der Waals surface area (Å²) in [5, 5.41) is 2.87. The second-order valence-corrected chi connectivity index (χ2v) is 6.70. The van der Waals surface area contributed by atoms with E-state index in [0.717, 1.165) is 16.7 Å². The molecular weight excluding hydrogens is 336 g/mol. The Morgan fingerprint density at radius 1 is 1.35 bits per heavy atom. The molecule has 0 radical (unpaired) electrons. The minimum Gasteiger partial charge on any atom is -0.354 e. The van der Waals surface area contributed by atoms with Crippen molar-refractivity contribution in [1.29, 1.82) is 0 Å². The summed E-state index contributed by atoms with van der Waals surface area (Å²) in [7, 11) is 0. The van der Waals surface area contributed by atoms with Crippen LogP contribution in [0, 0.1) is 5.92 Å². The molecule has 0 aromatic heterocycles. The molecule has 1 aromatic carbocycles. The van der Waals surface area contributed by atoms with E-state index in [0.29, 0.717) is 15.5 Å². The van der Waals surface area contributed by atoms with Crippen LogP contribution in [0.4, 0.5) is 4.79 Å². The molecule has 1 aliphatic heterocycles. The predicted octanol–water partition coefficient (Wildman–Crippen LogP) is 3.15. The van der Waals surface area contributed by atoms with Crippen molar-refractivity contribution in [3.8, 4) is 0 Å². The van der Waals surface area contributed by atoms with Crippen LogP contribution >= 0.6 is 23.4 Å². The van der Waals surface area contributed by atoms with Crippen molar-refractivity contribution in [1.82, 2.24) is 10.2 Å². The summed E-state index contributed by atoms with van der Waals surface area (Å²) in [6.45, 7) is 3.96. The molecule has 0 unspecified atom stereocenters. The molecule has 5 nitrogen and oxygen atoms in total. The third-order valence-corrected chi connectivity index (χ3v) is 4.48. The summed E-state index contributed by atoms with van der Waals surface area (Å²) in [4.78, 5) is 37.2. The van der Waals surface area contributed by atoms with E-state index in [4.69, 9.17) is 11.6 Å². The summed E-state index contributed by atoms with van der Waals surface area (Å²) in [6, 6.07) is 7.10. The minimum absolute atomic E-state index is 0.108. The number of thioether (sulfide) groups is 1. The first kappa shape index (κ1) is 17.6. The zero-order valence-corrected chi connectivity index (χ0v) is 14.4. The zero-order chi connectivity index (χ0) is 17.0. The molecule has 0 atom stereocenters. The van der Waals surface area contributed by atoms with Crippen LogP contribution in [0.5, 0.6) is 0 Å². The quantitative estimate of drug-likeness (QED) is 0.827. The number of rotatable bonds is 5. The molecule has 1 saturated heterocycles. The summed E-state index contributed by atoms with van der Waals surface area (Å²) in [5.74, 6) is -0.604. The number of hydrogen-bond acceptors (Lipinski definition) is 4. The number of carbonyl (C=O) groups excluding carboxylic acids is 3. The molecule has 3 amide bonds. The topological polar surface area (TPSA) is 66.5 Å². The van der Waals surface area contributed by atoms with E-state index in [1.807, 2.05) is 6.07 Å². The average molecular weight is 353 g/mol. The van der Waals surface area contributed by atoms with Crippen LogP contribution in [-0.4, -0.2) is 35.0 Å². The molecule has 1 fully saturated rings. The fourth-order valence-electron chi connectivity index (χ4n) is 1.92. The van der Waals surface area contributed by atoms with Gasteiger partial charge in [0, 0.05) is 24.0 Å². The van der Waals surface area contributed by atoms with Crippen LogP contribution in [0.1, 0.15) is 19.4 Å². The van der Waals surface area contributed by atoms with Gasteiger partial charge in [-0.2, -0.15) is 0 Å². The molecule has 0 saturated carbocycles. The largest absolute Gasteiger partial charge is 0.354 e. The SMILES string of the molecule is CC(C)C(=O)NCCN1C(=O)SC(=Cc2ccccc2Cl)C1=O. The van der Waals surface area contributed by atoms with Gasteiger partial charge in [0.2, 0.25) is 5.91 Å². The Hall–Kier alpha value is -1.79. The first-order valence-electron chi connectivity index (χ1n) is 7.17. The first-order chi connectivity index (χ1) is 10.9. The average Bonchev–Trinajstić information content (AvgIpc) is 2.76. The van der Waals surface area contributed by atoms with Crippen LogP contribution < -0.4 is 5.32 Å². The van der Waals surface area contributed by atoms with Crippen molar-refractivity contribution in [2.75, 3.05) is 13.1 Å². The van der Waals surface area contributed by atoms with Crippen LogP contribution in [0.2, 0.25) is 5.02 Å². The van der Waals surface area contributed by atoms with Crippen LogP contribution in [0.3, 0.4) is 0 Å². The van der Waals surface area contributed by atoms with Crippen molar-refractivity contribution in [2.24, 2.45) is 5.92 Å². The Balaban J connectivity index is 2.03. The van der Waals surface area contributed by atoms with Gasteiger partial charge in [-0.25, -0.2) is 0 Å². The van der Waals surface area contributed by atoms with Gasteiger partial charge in [-0.3, -0.25) is 19.3 Å². The molecule has 1 heterocycles. The lowest BCUT2D eigenvalue weighted by Crippen LogP contribution is -2.38. The van der Waals surface area contributed by atoms with Gasteiger partial charge < -0.3 is 5.32 Å². The third-order valence-electron chi connectivity index (χ3n) is 3.22. The maximum atomic E-state index is 12.3. The predicted molar refractivity (Wildman–Crippen MR) is 92.0 cm³/mol. The molecule has 0 spiro atoms. The molecule has 7 heteroatoms. The standard InChI is InChI=1S/C16H17ClN2O3S/c1-10(2)14(20)18-7-8-19-15(21)13(23-16(19)22)9-11-5-3-4-6-12(11)17/h3-6,9-10H,7-8H2,1-2H3,(H,18,20). The normalized spacial score (nSPS) is 16.5. The Labute approximate surface area is 144 Å². The van der Waals surface area contributed by atoms with E-state index >= 15 is 0 Å². The lowest BCUT2D eigenvalue weighted by Gasteiger charge is -2.13. The molecule has 1 N–H and O–H groups in total. The van der Waals surface area contributed by atoms with Gasteiger partial charge in [0.1, 0.15) is 0 Å². The molecule has 122 valence electrons. The molecule has 23 heavy (non-hydrogen) atoms. The van der Waals surface area contributed by atoms with Gasteiger partial charge in [-0.1, -0.05) is 43.6 Å². The Kier molecular flexibility index (Phi) is 5.85. The summed E-state index contributed by atoms with van der Waals surface area (Å²) in [5.41, 5.74) is 0.688. The maximum Gasteiger partial charge on any atom is 0.293 e. The van der Waals surface area contributed by atoms with E-state index < -0.39 is 0 Å². The Morgan fingerprint density at radius 3 is 2.70 bits per heavy atom. The maximum absolute atomic E-state index is 12.3. The van der Waals surface area contributed by atoms with E-state index in [-0.39, 0.29) is 36.1 Å². The number of nitrogens with one attached hydrogen (secondary N) is 1. The highest BCUT2D eigenvalue weighted by Gasteiger charge is 2.34. The van der Waals surface area contributed by atoms with Gasteiger partial charge in [-0.15, -0.1) is 0 Å². The number of carbonyl (C=O) groups is 3. The van der Waals surface area contributed by atoms with E-state index in [1.165, 1.54) is 0 Å². The van der Waals surface area contributed by atoms with Crippen molar-refractivity contribution < 1.29 is 14.4 Å². The Morgan fingerprint density at radius 2 is 2.04 bits per heavy atom. The highest BCUT2D eigenvalue weighted by atomic mass is 35.5. The van der Waals surface area contributed by atoms with Gasteiger partial charge >= 0.3 is 0 Å². The van der Waals surface area contributed by atoms with E-state index in [9.17, 15) is 14.4 Å². The second-order valence-electron chi connectivity index (χ2n) is 5.30. The zero-order valence-electron chi connectivity index (χ0n) is 12.8. The van der Waals surface area contributed by atoms with Crippen molar-refractivity contribution >= 4 is 46.5 Å². The smallest absolute Gasteiger partial charge is 0.293 e. The summed E-state index contributed by atoms with van der Waals surface area (Å²) < 4.78 is 0. The van der Waals surface area contributed by atoms with Gasteiger partial charge in [0.25, 0.3) is 11.1 Å². The molecular formula is C16H17ClN2O3S. The van der Waals surface area contributed by atoms with Crippen LogP contribution in [0.25, 0.3) is 6.08 Å². The fourth-order valence-corrected chi connectivity index (χ4v) is 2.97.